The normalized spacial score (nSPS) is 22.8. The molecular formula is C18H22N6O2. The SMILES string of the molecule is Cn1cnnc1[C@H]1C[C@H](CNC(=O)Cn2cnc3ccccc32)[C@H](O)C1. The Bertz CT molecular complexity index is 917. The molecule has 136 valence electrons. The number of aromatic nitrogens is 5. The van der Waals surface area contributed by atoms with Crippen LogP contribution in [0.2, 0.25) is 0 Å². The van der Waals surface area contributed by atoms with E-state index in [9.17, 15) is 9.90 Å². The average molecular weight is 354 g/mol. The molecule has 1 aromatic carbocycles. The largest absolute Gasteiger partial charge is 0.393 e. The van der Waals surface area contributed by atoms with Gasteiger partial charge in [0.2, 0.25) is 5.91 Å². The molecule has 8 heteroatoms. The monoisotopic (exact) mass is 354 g/mol. The molecule has 4 rings (SSSR count). The maximum Gasteiger partial charge on any atom is 0.240 e. The number of nitrogens with one attached hydrogen (secondary N) is 1. The lowest BCUT2D eigenvalue weighted by atomic mass is 10.0. The molecule has 26 heavy (non-hydrogen) atoms. The van der Waals surface area contributed by atoms with Crippen molar-refractivity contribution in [1.29, 1.82) is 0 Å². The molecule has 8 nitrogen and oxygen atoms in total. The van der Waals surface area contributed by atoms with Crippen LogP contribution in [0.3, 0.4) is 0 Å². The van der Waals surface area contributed by atoms with E-state index in [4.69, 9.17) is 0 Å². The Hall–Kier alpha value is -2.74. The van der Waals surface area contributed by atoms with Crippen molar-refractivity contribution in [2.75, 3.05) is 6.54 Å². The van der Waals surface area contributed by atoms with Crippen molar-refractivity contribution in [2.24, 2.45) is 13.0 Å². The fraction of sp³-hybridized carbons (Fsp3) is 0.444. The Labute approximate surface area is 150 Å². The summed E-state index contributed by atoms with van der Waals surface area (Å²) in [5.74, 6) is 1.02. The van der Waals surface area contributed by atoms with E-state index in [1.807, 2.05) is 40.4 Å². The number of aliphatic hydroxyl groups excluding tert-OH is 1. The average Bonchev–Trinajstić information content (AvgIpc) is 3.33. The Morgan fingerprint density at radius 2 is 2.15 bits per heavy atom. The number of fused-ring (bicyclic) bond motifs is 1. The van der Waals surface area contributed by atoms with Crippen LogP contribution in [0.4, 0.5) is 0 Å². The molecule has 3 atom stereocenters. The lowest BCUT2D eigenvalue weighted by Gasteiger charge is -2.15. The second-order valence-electron chi connectivity index (χ2n) is 6.96. The Kier molecular flexibility index (Phi) is 4.42. The summed E-state index contributed by atoms with van der Waals surface area (Å²) in [5, 5.41) is 21.3. The number of para-hydroxylation sites is 2. The van der Waals surface area contributed by atoms with Gasteiger partial charge in [-0.1, -0.05) is 12.1 Å². The molecular weight excluding hydrogens is 332 g/mol. The molecule has 2 heterocycles. The molecule has 1 aliphatic rings. The van der Waals surface area contributed by atoms with Crippen LogP contribution in [0.25, 0.3) is 11.0 Å². The van der Waals surface area contributed by atoms with Crippen LogP contribution >= 0.6 is 0 Å². The van der Waals surface area contributed by atoms with Gasteiger partial charge in [-0.25, -0.2) is 4.98 Å². The molecule has 0 aliphatic heterocycles. The number of hydrogen-bond donors (Lipinski definition) is 2. The van der Waals surface area contributed by atoms with E-state index in [0.717, 1.165) is 23.3 Å². The predicted octanol–water partition coefficient (Wildman–Crippen LogP) is 0.836. The molecule has 3 aromatic rings. The summed E-state index contributed by atoms with van der Waals surface area (Å²) in [6.45, 7) is 0.678. The van der Waals surface area contributed by atoms with Crippen molar-refractivity contribution in [3.63, 3.8) is 0 Å². The van der Waals surface area contributed by atoms with Gasteiger partial charge in [0.25, 0.3) is 0 Å². The van der Waals surface area contributed by atoms with Gasteiger partial charge in [0, 0.05) is 25.4 Å². The van der Waals surface area contributed by atoms with E-state index in [1.54, 1.807) is 12.7 Å². The number of carbonyl (C=O) groups is 1. The summed E-state index contributed by atoms with van der Waals surface area (Å²) in [6, 6.07) is 7.72. The Morgan fingerprint density at radius 1 is 1.31 bits per heavy atom. The first-order valence-corrected chi connectivity index (χ1v) is 8.80. The maximum absolute atomic E-state index is 12.3. The maximum atomic E-state index is 12.3. The highest BCUT2D eigenvalue weighted by atomic mass is 16.3. The summed E-state index contributed by atoms with van der Waals surface area (Å²) in [4.78, 5) is 16.6. The number of rotatable bonds is 5. The minimum absolute atomic E-state index is 0.0279. The third-order valence-electron chi connectivity index (χ3n) is 5.17. The quantitative estimate of drug-likeness (QED) is 0.707. The highest BCUT2D eigenvalue weighted by Crippen LogP contribution is 2.37. The topological polar surface area (TPSA) is 97.9 Å². The van der Waals surface area contributed by atoms with Crippen LogP contribution in [0.1, 0.15) is 24.6 Å². The van der Waals surface area contributed by atoms with Crippen LogP contribution in [0, 0.1) is 5.92 Å². The molecule has 1 saturated carbocycles. The van der Waals surface area contributed by atoms with Gasteiger partial charge in [0.1, 0.15) is 18.7 Å². The van der Waals surface area contributed by atoms with Gasteiger partial charge >= 0.3 is 0 Å². The molecule has 1 aliphatic carbocycles. The molecule has 0 unspecified atom stereocenters. The van der Waals surface area contributed by atoms with E-state index in [1.165, 1.54) is 0 Å². The second kappa shape index (κ2) is 6.87. The first-order chi connectivity index (χ1) is 12.6. The van der Waals surface area contributed by atoms with Crippen LogP contribution in [0.15, 0.2) is 36.9 Å². The second-order valence-corrected chi connectivity index (χ2v) is 6.96. The minimum atomic E-state index is -0.439. The molecule has 1 amide bonds. The third kappa shape index (κ3) is 3.20. The number of amides is 1. The number of hydrogen-bond acceptors (Lipinski definition) is 5. The first kappa shape index (κ1) is 16.7. The lowest BCUT2D eigenvalue weighted by molar-refractivity contribution is -0.121. The van der Waals surface area contributed by atoms with Crippen LogP contribution in [0.5, 0.6) is 0 Å². The Balaban J connectivity index is 1.34. The highest BCUT2D eigenvalue weighted by Gasteiger charge is 2.35. The van der Waals surface area contributed by atoms with E-state index >= 15 is 0 Å². The van der Waals surface area contributed by atoms with Gasteiger partial charge in [-0.3, -0.25) is 4.79 Å². The summed E-state index contributed by atoms with van der Waals surface area (Å²) in [7, 11) is 1.91. The predicted molar refractivity (Wildman–Crippen MR) is 95.2 cm³/mol. The standard InChI is InChI=1S/C18H22N6O2/c1-23-11-21-22-18(23)12-6-13(16(25)7-12)8-19-17(26)9-24-10-20-14-4-2-3-5-15(14)24/h2-5,10-13,16,25H,6-9H2,1H3,(H,19,26)/t12-,13+,16+/m0/s1. The highest BCUT2D eigenvalue weighted by molar-refractivity contribution is 5.80. The molecule has 0 radical (unpaired) electrons. The zero-order valence-electron chi connectivity index (χ0n) is 14.6. The minimum Gasteiger partial charge on any atom is -0.393 e. The van der Waals surface area contributed by atoms with Crippen LogP contribution in [-0.4, -0.2) is 48.0 Å². The van der Waals surface area contributed by atoms with Crippen molar-refractivity contribution in [3.05, 3.63) is 42.7 Å². The van der Waals surface area contributed by atoms with Crippen molar-refractivity contribution in [1.82, 2.24) is 29.6 Å². The lowest BCUT2D eigenvalue weighted by Crippen LogP contribution is -2.34. The van der Waals surface area contributed by atoms with Crippen LogP contribution in [-0.2, 0) is 18.4 Å². The summed E-state index contributed by atoms with van der Waals surface area (Å²) in [6.07, 6.45) is 4.36. The van der Waals surface area contributed by atoms with Crippen molar-refractivity contribution in [3.8, 4) is 0 Å². The Morgan fingerprint density at radius 3 is 2.96 bits per heavy atom. The van der Waals surface area contributed by atoms with Gasteiger partial charge in [-0.15, -0.1) is 10.2 Å². The van der Waals surface area contributed by atoms with Gasteiger partial charge < -0.3 is 19.6 Å². The van der Waals surface area contributed by atoms with Gasteiger partial charge in [-0.05, 0) is 25.0 Å². The van der Waals surface area contributed by atoms with E-state index < -0.39 is 6.10 Å². The number of imidazole rings is 1. The zero-order chi connectivity index (χ0) is 18.1. The first-order valence-electron chi connectivity index (χ1n) is 8.80. The number of benzene rings is 1. The molecule has 2 aromatic heterocycles. The van der Waals surface area contributed by atoms with E-state index in [-0.39, 0.29) is 24.3 Å². The van der Waals surface area contributed by atoms with Crippen molar-refractivity contribution < 1.29 is 9.90 Å². The van der Waals surface area contributed by atoms with Gasteiger partial charge in [0.15, 0.2) is 0 Å². The van der Waals surface area contributed by atoms with Crippen LogP contribution < -0.4 is 5.32 Å². The summed E-state index contributed by atoms with van der Waals surface area (Å²) < 4.78 is 3.72. The number of aryl methyl sites for hydroxylation is 1. The summed E-state index contributed by atoms with van der Waals surface area (Å²) in [5.41, 5.74) is 1.81. The molecule has 1 fully saturated rings. The number of nitrogens with zero attached hydrogens (tertiary/aromatic N) is 5. The molecule has 2 N–H and O–H groups in total. The van der Waals surface area contributed by atoms with E-state index in [2.05, 4.69) is 20.5 Å². The number of aliphatic hydroxyl groups is 1. The molecule has 0 saturated heterocycles. The number of carbonyl (C=O) groups excluding carboxylic acids is 1. The van der Waals surface area contributed by atoms with Crippen molar-refractivity contribution in [2.45, 2.75) is 31.4 Å². The fourth-order valence-corrected chi connectivity index (χ4v) is 3.79. The van der Waals surface area contributed by atoms with Gasteiger partial charge in [-0.2, -0.15) is 0 Å². The smallest absolute Gasteiger partial charge is 0.240 e. The molecule has 0 spiro atoms. The molecule has 0 bridgehead atoms. The summed E-state index contributed by atoms with van der Waals surface area (Å²) >= 11 is 0. The fourth-order valence-electron chi connectivity index (χ4n) is 3.79. The van der Waals surface area contributed by atoms with Gasteiger partial charge in [0.05, 0.1) is 23.5 Å². The zero-order valence-corrected chi connectivity index (χ0v) is 14.6. The van der Waals surface area contributed by atoms with Crippen molar-refractivity contribution >= 4 is 16.9 Å². The van der Waals surface area contributed by atoms with E-state index in [0.29, 0.717) is 13.0 Å². The third-order valence-corrected chi connectivity index (χ3v) is 5.17.